The van der Waals surface area contributed by atoms with Crippen molar-refractivity contribution in [3.8, 4) is 5.75 Å². The standard InChI is InChI=1S/C23H28ClNO/c1-2-6-18-13-20(24)11-12-21(18)19-15-25(14-17-7-5-8-17)22-9-3-4-10-23(22)26-16-19/h3-4,9-13,17,19H,2,5-8,14-16H2,1H3. The van der Waals surface area contributed by atoms with Crippen LogP contribution in [0.15, 0.2) is 42.5 Å². The van der Waals surface area contributed by atoms with Crippen LogP contribution in [0.1, 0.15) is 49.7 Å². The van der Waals surface area contributed by atoms with Gasteiger partial charge < -0.3 is 9.64 Å². The van der Waals surface area contributed by atoms with E-state index in [9.17, 15) is 0 Å². The first kappa shape index (κ1) is 17.7. The Hall–Kier alpha value is -1.67. The first-order valence-corrected chi connectivity index (χ1v) is 10.4. The second kappa shape index (κ2) is 7.92. The summed E-state index contributed by atoms with van der Waals surface area (Å²) < 4.78 is 6.27. The summed E-state index contributed by atoms with van der Waals surface area (Å²) in [5.74, 6) is 2.24. The van der Waals surface area contributed by atoms with Crippen molar-refractivity contribution in [1.29, 1.82) is 0 Å². The number of hydrogen-bond donors (Lipinski definition) is 0. The van der Waals surface area contributed by atoms with E-state index in [1.54, 1.807) is 0 Å². The molecule has 0 N–H and O–H groups in total. The van der Waals surface area contributed by atoms with Crippen molar-refractivity contribution >= 4 is 17.3 Å². The monoisotopic (exact) mass is 369 g/mol. The van der Waals surface area contributed by atoms with E-state index in [-0.39, 0.29) is 0 Å². The van der Waals surface area contributed by atoms with Crippen molar-refractivity contribution in [3.63, 3.8) is 0 Å². The summed E-state index contributed by atoms with van der Waals surface area (Å²) in [6.07, 6.45) is 6.32. The molecular formula is C23H28ClNO. The molecule has 1 atom stereocenters. The summed E-state index contributed by atoms with van der Waals surface area (Å²) in [6, 6.07) is 14.9. The van der Waals surface area contributed by atoms with Gasteiger partial charge in [0.25, 0.3) is 0 Å². The van der Waals surface area contributed by atoms with Gasteiger partial charge in [-0.25, -0.2) is 0 Å². The third kappa shape index (κ3) is 3.71. The van der Waals surface area contributed by atoms with Crippen molar-refractivity contribution in [1.82, 2.24) is 0 Å². The molecule has 1 heterocycles. The van der Waals surface area contributed by atoms with Crippen LogP contribution in [-0.4, -0.2) is 19.7 Å². The van der Waals surface area contributed by atoms with E-state index in [0.717, 1.165) is 49.2 Å². The second-order valence-electron chi connectivity index (χ2n) is 7.77. The van der Waals surface area contributed by atoms with Crippen LogP contribution in [0.3, 0.4) is 0 Å². The van der Waals surface area contributed by atoms with E-state index in [2.05, 4.69) is 48.2 Å². The average molecular weight is 370 g/mol. The number of ether oxygens (including phenoxy) is 1. The molecule has 3 heteroatoms. The minimum absolute atomic E-state index is 0.376. The maximum absolute atomic E-state index is 6.28. The fourth-order valence-corrected chi connectivity index (χ4v) is 4.45. The molecule has 1 saturated carbocycles. The lowest BCUT2D eigenvalue weighted by atomic mass is 9.84. The Morgan fingerprint density at radius 2 is 2.00 bits per heavy atom. The Bertz CT molecular complexity index is 756. The molecule has 2 aromatic rings. The highest BCUT2D eigenvalue weighted by atomic mass is 35.5. The molecule has 1 aliphatic heterocycles. The number of fused-ring (bicyclic) bond motifs is 1. The number of nitrogens with zero attached hydrogens (tertiary/aromatic N) is 1. The topological polar surface area (TPSA) is 12.5 Å². The number of rotatable bonds is 5. The molecule has 1 aliphatic carbocycles. The SMILES string of the molecule is CCCc1cc(Cl)ccc1C1COc2ccccc2N(CC2CCC2)C1. The van der Waals surface area contributed by atoms with Crippen LogP contribution in [-0.2, 0) is 6.42 Å². The molecule has 2 aliphatic rings. The molecule has 0 bridgehead atoms. The van der Waals surface area contributed by atoms with Crippen LogP contribution >= 0.6 is 11.6 Å². The van der Waals surface area contributed by atoms with Crippen molar-refractivity contribution in [2.75, 3.05) is 24.6 Å². The third-order valence-electron chi connectivity index (χ3n) is 5.85. The van der Waals surface area contributed by atoms with E-state index in [0.29, 0.717) is 5.92 Å². The minimum Gasteiger partial charge on any atom is -0.491 e. The summed E-state index contributed by atoms with van der Waals surface area (Å²) >= 11 is 6.28. The van der Waals surface area contributed by atoms with Crippen molar-refractivity contribution < 1.29 is 4.74 Å². The smallest absolute Gasteiger partial charge is 0.142 e. The molecule has 0 saturated heterocycles. The van der Waals surface area contributed by atoms with Crippen molar-refractivity contribution in [2.24, 2.45) is 5.92 Å². The van der Waals surface area contributed by atoms with Gasteiger partial charge in [0.1, 0.15) is 5.75 Å². The predicted octanol–water partition coefficient (Wildman–Crippen LogP) is 6.08. The second-order valence-corrected chi connectivity index (χ2v) is 8.21. The zero-order chi connectivity index (χ0) is 17.9. The molecule has 2 aromatic carbocycles. The Labute approximate surface area is 162 Å². The van der Waals surface area contributed by atoms with Crippen molar-refractivity contribution in [2.45, 2.75) is 44.9 Å². The molecule has 1 unspecified atom stereocenters. The van der Waals surface area contributed by atoms with Crippen LogP contribution in [0, 0.1) is 5.92 Å². The number of aryl methyl sites for hydroxylation is 1. The molecule has 138 valence electrons. The summed E-state index contributed by atoms with van der Waals surface area (Å²) in [7, 11) is 0. The molecule has 1 fully saturated rings. The fourth-order valence-electron chi connectivity index (χ4n) is 4.25. The number of hydrogen-bond acceptors (Lipinski definition) is 2. The maximum Gasteiger partial charge on any atom is 0.142 e. The van der Waals surface area contributed by atoms with Crippen LogP contribution in [0.5, 0.6) is 5.75 Å². The Balaban J connectivity index is 1.64. The lowest BCUT2D eigenvalue weighted by Gasteiger charge is -2.34. The third-order valence-corrected chi connectivity index (χ3v) is 6.09. The van der Waals surface area contributed by atoms with Gasteiger partial charge in [-0.15, -0.1) is 0 Å². The van der Waals surface area contributed by atoms with E-state index in [4.69, 9.17) is 16.3 Å². The lowest BCUT2D eigenvalue weighted by Crippen LogP contribution is -2.35. The van der Waals surface area contributed by atoms with Gasteiger partial charge in [-0.1, -0.05) is 49.6 Å². The molecule has 0 radical (unpaired) electrons. The highest BCUT2D eigenvalue weighted by molar-refractivity contribution is 6.30. The Kier molecular flexibility index (Phi) is 5.40. The van der Waals surface area contributed by atoms with Gasteiger partial charge in [0.2, 0.25) is 0 Å². The van der Waals surface area contributed by atoms with Crippen LogP contribution in [0.4, 0.5) is 5.69 Å². The largest absolute Gasteiger partial charge is 0.491 e. The van der Waals surface area contributed by atoms with E-state index in [1.807, 2.05) is 6.07 Å². The van der Waals surface area contributed by atoms with Gasteiger partial charge in [0.05, 0.1) is 12.3 Å². The summed E-state index contributed by atoms with van der Waals surface area (Å²) in [5, 5.41) is 0.835. The van der Waals surface area contributed by atoms with E-state index in [1.165, 1.54) is 36.1 Å². The fraction of sp³-hybridized carbons (Fsp3) is 0.478. The van der Waals surface area contributed by atoms with Gasteiger partial charge in [0.15, 0.2) is 0 Å². The quantitative estimate of drug-likeness (QED) is 0.633. The molecule has 26 heavy (non-hydrogen) atoms. The molecule has 0 aromatic heterocycles. The van der Waals surface area contributed by atoms with Crippen LogP contribution < -0.4 is 9.64 Å². The van der Waals surface area contributed by atoms with Gasteiger partial charge in [0, 0.05) is 24.0 Å². The van der Waals surface area contributed by atoms with E-state index >= 15 is 0 Å². The molecule has 0 amide bonds. The summed E-state index contributed by atoms with van der Waals surface area (Å²) in [5.41, 5.74) is 4.04. The molecular weight excluding hydrogens is 342 g/mol. The maximum atomic E-state index is 6.28. The van der Waals surface area contributed by atoms with Gasteiger partial charge in [-0.3, -0.25) is 0 Å². The lowest BCUT2D eigenvalue weighted by molar-refractivity contribution is 0.294. The predicted molar refractivity (Wildman–Crippen MR) is 110 cm³/mol. The average Bonchev–Trinajstić information content (AvgIpc) is 2.79. The zero-order valence-electron chi connectivity index (χ0n) is 15.6. The van der Waals surface area contributed by atoms with Crippen molar-refractivity contribution in [3.05, 3.63) is 58.6 Å². The number of benzene rings is 2. The van der Waals surface area contributed by atoms with Gasteiger partial charge in [-0.05, 0) is 60.6 Å². The van der Waals surface area contributed by atoms with Gasteiger partial charge in [-0.2, -0.15) is 0 Å². The number of anilines is 1. The van der Waals surface area contributed by atoms with Crippen LogP contribution in [0.2, 0.25) is 5.02 Å². The van der Waals surface area contributed by atoms with Crippen LogP contribution in [0.25, 0.3) is 0 Å². The normalized spacial score (nSPS) is 20.1. The first-order valence-electron chi connectivity index (χ1n) is 9.99. The minimum atomic E-state index is 0.376. The van der Waals surface area contributed by atoms with Gasteiger partial charge >= 0.3 is 0 Å². The highest BCUT2D eigenvalue weighted by Crippen LogP contribution is 2.38. The Morgan fingerprint density at radius 1 is 1.15 bits per heavy atom. The molecule has 4 rings (SSSR count). The summed E-state index contributed by atoms with van der Waals surface area (Å²) in [6.45, 7) is 5.13. The number of halogens is 1. The number of para-hydroxylation sites is 2. The Morgan fingerprint density at radius 3 is 2.77 bits per heavy atom. The molecule has 2 nitrogen and oxygen atoms in total. The molecule has 0 spiro atoms. The first-order chi connectivity index (χ1) is 12.7. The highest BCUT2D eigenvalue weighted by Gasteiger charge is 2.28. The van der Waals surface area contributed by atoms with E-state index < -0.39 is 0 Å². The summed E-state index contributed by atoms with van der Waals surface area (Å²) in [4.78, 5) is 2.57. The zero-order valence-corrected chi connectivity index (χ0v) is 16.3.